The third-order valence-electron chi connectivity index (χ3n) is 20.0. The van der Waals surface area contributed by atoms with Crippen LogP contribution >= 0.6 is 11.6 Å². The maximum atomic E-state index is 14.3. The van der Waals surface area contributed by atoms with Gasteiger partial charge in [0.25, 0.3) is 5.91 Å². The highest BCUT2D eigenvalue weighted by atomic mass is 35.5. The fraction of sp³-hybridized carbons (Fsp3) is 0.759. The SMILES string of the molecule is CC(C)C1=C2[C@H]3CC[C@@H]4[C@@]5(C)CC[C@H](OC(=O)[C@H]6C[C@@H](C(=O)O)C6(C)C)C(C)(C)[C@@H]5CC[C@@]4(C)[C@]3(C)CC[C@@]2([C@@H](O)CNC(=O)C(C)(C)NC(=O)c2ccc(Cl)cc2O[C@H]2CCOC2)CC1=O. The summed E-state index contributed by atoms with van der Waals surface area (Å²) in [6, 6.07) is 4.78. The zero-order valence-electron chi connectivity index (χ0n) is 41.9. The normalized spacial score (nSPS) is 37.8. The molecule has 6 fully saturated rings. The van der Waals surface area contributed by atoms with E-state index in [1.165, 1.54) is 0 Å². The molecule has 1 aromatic rings. The van der Waals surface area contributed by atoms with E-state index >= 15 is 0 Å². The van der Waals surface area contributed by atoms with E-state index in [1.807, 2.05) is 13.8 Å². The number of allylic oxidation sites excluding steroid dienone is 1. The summed E-state index contributed by atoms with van der Waals surface area (Å²) in [5.74, 6) is -1.84. The number of aliphatic carboxylic acids is 1. The third-order valence-corrected chi connectivity index (χ3v) is 20.2. The lowest BCUT2D eigenvalue weighted by Gasteiger charge is -2.72. The lowest BCUT2D eigenvalue weighted by molar-refractivity contribution is -0.238. The summed E-state index contributed by atoms with van der Waals surface area (Å²) in [5.41, 5.74) is -1.10. The molecule has 0 bridgehead atoms. The molecule has 1 saturated heterocycles. The molecule has 12 atom stereocenters. The van der Waals surface area contributed by atoms with Crippen molar-refractivity contribution in [2.24, 2.45) is 68.0 Å². The fourth-order valence-electron chi connectivity index (χ4n) is 15.8. The first-order chi connectivity index (χ1) is 31.2. The van der Waals surface area contributed by atoms with Gasteiger partial charge in [-0.2, -0.15) is 0 Å². The number of hydrogen-bond donors (Lipinski definition) is 4. The van der Waals surface area contributed by atoms with E-state index in [-0.39, 0.29) is 76.0 Å². The van der Waals surface area contributed by atoms with Crippen molar-refractivity contribution in [2.45, 2.75) is 171 Å². The molecule has 1 aromatic carbocycles. The average molecular weight is 950 g/mol. The molecule has 0 radical (unpaired) electrons. The summed E-state index contributed by atoms with van der Waals surface area (Å²) >= 11 is 6.29. The summed E-state index contributed by atoms with van der Waals surface area (Å²) in [4.78, 5) is 67.6. The second-order valence-corrected chi connectivity index (χ2v) is 25.1. The predicted molar refractivity (Wildman–Crippen MR) is 254 cm³/mol. The summed E-state index contributed by atoms with van der Waals surface area (Å²) in [6.45, 7) is 24.1. The van der Waals surface area contributed by atoms with Crippen molar-refractivity contribution < 1.29 is 48.4 Å². The maximum absolute atomic E-state index is 14.3. The minimum Gasteiger partial charge on any atom is -0.487 e. The summed E-state index contributed by atoms with van der Waals surface area (Å²) in [6.07, 6.45) is 6.82. The molecule has 67 heavy (non-hydrogen) atoms. The Bertz CT molecular complexity index is 2230. The highest BCUT2D eigenvalue weighted by Crippen LogP contribution is 2.77. The number of hydrogen-bond acceptors (Lipinski definition) is 9. The van der Waals surface area contributed by atoms with Gasteiger partial charge < -0.3 is 35.1 Å². The van der Waals surface area contributed by atoms with Crippen LogP contribution in [0.15, 0.2) is 29.3 Å². The Labute approximate surface area is 402 Å². The van der Waals surface area contributed by atoms with Crippen LogP contribution in [0.5, 0.6) is 5.75 Å². The average Bonchev–Trinajstić information content (AvgIpc) is 3.86. The smallest absolute Gasteiger partial charge is 0.309 e. The maximum Gasteiger partial charge on any atom is 0.309 e. The Morgan fingerprint density at radius 1 is 0.896 bits per heavy atom. The Kier molecular flexibility index (Phi) is 12.8. The number of carbonyl (C=O) groups is 5. The lowest BCUT2D eigenvalue weighted by atomic mass is 9.33. The minimum atomic E-state index is -1.36. The summed E-state index contributed by atoms with van der Waals surface area (Å²) in [5, 5.41) is 28.4. The number of aliphatic hydroxyl groups is 1. The van der Waals surface area contributed by atoms with Crippen LogP contribution in [0.4, 0.5) is 0 Å². The molecule has 0 aromatic heterocycles. The minimum absolute atomic E-state index is 0.00803. The van der Waals surface area contributed by atoms with E-state index in [0.29, 0.717) is 55.1 Å². The molecule has 1 heterocycles. The highest BCUT2D eigenvalue weighted by Gasteiger charge is 2.71. The number of benzene rings is 1. The van der Waals surface area contributed by atoms with E-state index in [0.717, 1.165) is 56.1 Å². The number of carboxylic acid groups (broad SMARTS) is 1. The number of fused-ring (bicyclic) bond motifs is 7. The number of esters is 1. The van der Waals surface area contributed by atoms with Crippen LogP contribution in [-0.2, 0) is 28.7 Å². The van der Waals surface area contributed by atoms with Gasteiger partial charge in [-0.15, -0.1) is 0 Å². The van der Waals surface area contributed by atoms with Crippen molar-refractivity contribution in [3.8, 4) is 5.75 Å². The number of nitrogens with one attached hydrogen (secondary N) is 2. The molecule has 4 N–H and O–H groups in total. The molecule has 8 rings (SSSR count). The molecule has 12 nitrogen and oxygen atoms in total. The van der Waals surface area contributed by atoms with E-state index in [9.17, 15) is 34.2 Å². The number of amides is 2. The molecule has 370 valence electrons. The number of Topliss-reactive ketones (excluding diaryl/α,β-unsaturated/α-hetero) is 1. The lowest BCUT2D eigenvalue weighted by Crippen LogP contribution is -2.66. The van der Waals surface area contributed by atoms with Gasteiger partial charge in [0.1, 0.15) is 23.5 Å². The predicted octanol–water partition coefficient (Wildman–Crippen LogP) is 9.13. The first-order valence-corrected chi connectivity index (χ1v) is 25.6. The van der Waals surface area contributed by atoms with Gasteiger partial charge in [-0.3, -0.25) is 24.0 Å². The first kappa shape index (κ1) is 49.9. The van der Waals surface area contributed by atoms with Gasteiger partial charge in [0, 0.05) is 35.2 Å². The van der Waals surface area contributed by atoms with Crippen molar-refractivity contribution in [3.63, 3.8) is 0 Å². The Morgan fingerprint density at radius 3 is 2.25 bits per heavy atom. The van der Waals surface area contributed by atoms with E-state index in [1.54, 1.807) is 32.0 Å². The van der Waals surface area contributed by atoms with Gasteiger partial charge in [0.05, 0.1) is 36.7 Å². The number of carbonyl (C=O) groups excluding carboxylic acids is 4. The Morgan fingerprint density at radius 2 is 1.61 bits per heavy atom. The van der Waals surface area contributed by atoms with Crippen molar-refractivity contribution in [1.29, 1.82) is 0 Å². The van der Waals surface area contributed by atoms with Crippen LogP contribution in [0.25, 0.3) is 0 Å². The number of carboxylic acids is 1. The second-order valence-electron chi connectivity index (χ2n) is 24.7. The Balaban J connectivity index is 0.983. The third kappa shape index (κ3) is 7.88. The molecule has 1 aliphatic heterocycles. The van der Waals surface area contributed by atoms with E-state index in [2.05, 4.69) is 59.1 Å². The van der Waals surface area contributed by atoms with Crippen LogP contribution < -0.4 is 15.4 Å². The monoisotopic (exact) mass is 949 g/mol. The van der Waals surface area contributed by atoms with Crippen LogP contribution in [0.2, 0.25) is 5.02 Å². The zero-order chi connectivity index (χ0) is 49.0. The van der Waals surface area contributed by atoms with Gasteiger partial charge in [0.15, 0.2) is 5.78 Å². The van der Waals surface area contributed by atoms with Crippen molar-refractivity contribution in [2.75, 3.05) is 19.8 Å². The molecule has 2 amide bonds. The number of halogens is 1. The van der Waals surface area contributed by atoms with E-state index < -0.39 is 52.1 Å². The van der Waals surface area contributed by atoms with Crippen molar-refractivity contribution >= 4 is 41.1 Å². The molecular weight excluding hydrogens is 872 g/mol. The van der Waals surface area contributed by atoms with Crippen LogP contribution in [-0.4, -0.2) is 83.4 Å². The first-order valence-electron chi connectivity index (χ1n) is 25.2. The Hall–Kier alpha value is -3.48. The standard InChI is InChI=1S/C54H77ClN2O10/c1-29(2)42-36(58)26-54(40(59)27-56-47(64)50(7,8)57-44(60)32-13-12-30(55)24-37(32)66-31-18-23-65-28-31)22-21-52(10)33(43(42)54)14-15-39-51(9)19-17-41(49(5,6)38(51)16-20-53(39,52)11)67-46(63)35-25-34(45(61)62)48(35,3)4/h12-13,24,29,31,33-35,38-41,59H,14-23,25-28H2,1-11H3,(H,56,64)(H,57,60)(H,61,62)/t31-,33+,34-,35+,38-,39+,40-,41-,51-,52+,53+,54-/m0/s1. The summed E-state index contributed by atoms with van der Waals surface area (Å²) in [7, 11) is 0. The molecule has 5 saturated carbocycles. The zero-order valence-corrected chi connectivity index (χ0v) is 42.6. The van der Waals surface area contributed by atoms with Gasteiger partial charge in [-0.1, -0.05) is 79.5 Å². The van der Waals surface area contributed by atoms with Gasteiger partial charge in [0.2, 0.25) is 5.91 Å². The van der Waals surface area contributed by atoms with Crippen LogP contribution in [0.1, 0.15) is 157 Å². The quantitative estimate of drug-likeness (QED) is 0.148. The van der Waals surface area contributed by atoms with Crippen LogP contribution in [0, 0.1) is 68.0 Å². The number of aliphatic hydroxyl groups excluding tert-OH is 1. The van der Waals surface area contributed by atoms with Crippen molar-refractivity contribution in [1.82, 2.24) is 10.6 Å². The van der Waals surface area contributed by atoms with E-state index in [4.69, 9.17) is 25.8 Å². The van der Waals surface area contributed by atoms with Crippen molar-refractivity contribution in [3.05, 3.63) is 39.9 Å². The second kappa shape index (κ2) is 17.1. The number of ether oxygens (including phenoxy) is 3. The van der Waals surface area contributed by atoms with Gasteiger partial charge in [-0.05, 0) is 141 Å². The molecule has 0 spiro atoms. The molecular formula is C54H77ClN2O10. The summed E-state index contributed by atoms with van der Waals surface area (Å²) < 4.78 is 18.0. The molecule has 7 aliphatic rings. The van der Waals surface area contributed by atoms with Crippen LogP contribution in [0.3, 0.4) is 0 Å². The topological polar surface area (TPSA) is 178 Å². The highest BCUT2D eigenvalue weighted by molar-refractivity contribution is 6.30. The molecule has 0 unspecified atom stereocenters. The number of rotatable bonds is 12. The van der Waals surface area contributed by atoms with Gasteiger partial charge >= 0.3 is 11.9 Å². The van der Waals surface area contributed by atoms with Gasteiger partial charge in [-0.25, -0.2) is 0 Å². The largest absolute Gasteiger partial charge is 0.487 e. The molecule has 13 heteroatoms. The fourth-order valence-corrected chi connectivity index (χ4v) is 16.0. The number of ketones is 1. The molecule has 6 aliphatic carbocycles.